The molecule has 0 aliphatic heterocycles. The minimum Gasteiger partial charge on any atom is -0.236 e. The van der Waals surface area contributed by atoms with Gasteiger partial charge >= 0.3 is 0 Å². The molecule has 0 rings (SSSR count). The van der Waals surface area contributed by atoms with E-state index in [9.17, 15) is 0 Å². The minimum atomic E-state index is 0.185. The van der Waals surface area contributed by atoms with Gasteiger partial charge in [0.25, 0.3) is 0 Å². The highest BCUT2D eigenvalue weighted by molar-refractivity contribution is 4.57. The molecule has 80 valence electrons. The Labute approximate surface area is 82.5 Å². The van der Waals surface area contributed by atoms with Crippen molar-refractivity contribution >= 4 is 0 Å². The van der Waals surface area contributed by atoms with Crippen molar-refractivity contribution < 1.29 is 9.78 Å². The Bertz CT molecular complexity index is 116. The van der Waals surface area contributed by atoms with Gasteiger partial charge in [-0.3, -0.25) is 0 Å². The normalized spacial score (nSPS) is 14.5. The molecule has 0 saturated heterocycles. The predicted octanol–water partition coefficient (Wildman–Crippen LogP) is 3.56. The van der Waals surface area contributed by atoms with Gasteiger partial charge in [-0.15, -0.1) is 0 Å². The van der Waals surface area contributed by atoms with Crippen LogP contribution < -0.4 is 0 Å². The minimum absolute atomic E-state index is 0.185. The second-order valence-corrected chi connectivity index (χ2v) is 4.87. The lowest BCUT2D eigenvalue weighted by atomic mass is 9.99. The largest absolute Gasteiger partial charge is 0.236 e. The zero-order valence-electron chi connectivity index (χ0n) is 9.72. The van der Waals surface area contributed by atoms with Gasteiger partial charge in [-0.25, -0.2) is 9.78 Å². The van der Waals surface area contributed by atoms with E-state index >= 15 is 0 Å². The third kappa shape index (κ3) is 9.84. The first kappa shape index (κ1) is 12.9. The Hall–Kier alpha value is -0.0800. The van der Waals surface area contributed by atoms with Crippen LogP contribution in [0.5, 0.6) is 0 Å². The Morgan fingerprint density at radius 3 is 2.31 bits per heavy atom. The molecule has 0 spiro atoms. The first-order valence-electron chi connectivity index (χ1n) is 5.24. The zero-order valence-corrected chi connectivity index (χ0v) is 9.72. The van der Waals surface area contributed by atoms with E-state index in [1.54, 1.807) is 0 Å². The number of rotatable bonds is 6. The van der Waals surface area contributed by atoms with Crippen molar-refractivity contribution in [3.63, 3.8) is 0 Å². The Balaban J connectivity index is 3.31. The second kappa shape index (κ2) is 6.39. The smallest absolute Gasteiger partial charge is 0.0901 e. The Kier molecular flexibility index (Phi) is 6.35. The molecule has 0 radical (unpaired) electrons. The second-order valence-electron chi connectivity index (χ2n) is 4.87. The van der Waals surface area contributed by atoms with Crippen LogP contribution in [-0.2, 0) is 9.78 Å². The van der Waals surface area contributed by atoms with Crippen LogP contribution in [0.4, 0.5) is 0 Å². The number of unbranched alkanes of at least 4 members (excludes halogenated alkanes) is 1. The van der Waals surface area contributed by atoms with E-state index in [2.05, 4.69) is 34.6 Å². The van der Waals surface area contributed by atoms with Crippen LogP contribution >= 0.6 is 0 Å². The molecule has 0 heterocycles. The highest BCUT2D eigenvalue weighted by Gasteiger charge is 2.11. The summed E-state index contributed by atoms with van der Waals surface area (Å²) < 4.78 is 0. The summed E-state index contributed by atoms with van der Waals surface area (Å²) in [5, 5.41) is 0. The van der Waals surface area contributed by atoms with E-state index < -0.39 is 0 Å². The summed E-state index contributed by atoms with van der Waals surface area (Å²) >= 11 is 0. The molecule has 1 unspecified atom stereocenters. The lowest BCUT2D eigenvalue weighted by Gasteiger charge is -2.19. The molecule has 0 saturated carbocycles. The fourth-order valence-corrected chi connectivity index (χ4v) is 0.867. The summed E-state index contributed by atoms with van der Waals surface area (Å²) in [6, 6.07) is 0. The van der Waals surface area contributed by atoms with Gasteiger partial charge in [0.15, 0.2) is 0 Å². The molecule has 1 atom stereocenters. The van der Waals surface area contributed by atoms with Crippen molar-refractivity contribution in [1.82, 2.24) is 0 Å². The third-order valence-corrected chi connectivity index (χ3v) is 1.69. The fourth-order valence-electron chi connectivity index (χ4n) is 0.867. The molecular formula is C11H24O2. The molecule has 0 aromatic heterocycles. The van der Waals surface area contributed by atoms with Crippen LogP contribution in [0.1, 0.15) is 53.9 Å². The summed E-state index contributed by atoms with van der Waals surface area (Å²) in [7, 11) is 0. The fraction of sp³-hybridized carbons (Fsp3) is 1.00. The maximum atomic E-state index is 5.22. The van der Waals surface area contributed by atoms with Crippen molar-refractivity contribution in [3.05, 3.63) is 0 Å². The third-order valence-electron chi connectivity index (χ3n) is 1.69. The highest BCUT2D eigenvalue weighted by atomic mass is 17.2. The molecule has 2 nitrogen and oxygen atoms in total. The average Bonchev–Trinajstić information content (AvgIpc) is 1.98. The lowest BCUT2D eigenvalue weighted by molar-refractivity contribution is -0.332. The van der Waals surface area contributed by atoms with Gasteiger partial charge in [-0.1, -0.05) is 40.5 Å². The molecule has 0 amide bonds. The average molecular weight is 188 g/mol. The zero-order chi connectivity index (χ0) is 10.3. The van der Waals surface area contributed by atoms with Crippen molar-refractivity contribution in [1.29, 1.82) is 0 Å². The first-order chi connectivity index (χ1) is 5.95. The van der Waals surface area contributed by atoms with Gasteiger partial charge in [0, 0.05) is 0 Å². The van der Waals surface area contributed by atoms with Crippen molar-refractivity contribution in [3.8, 4) is 0 Å². The van der Waals surface area contributed by atoms with Gasteiger partial charge in [0.1, 0.15) is 0 Å². The molecule has 0 bridgehead atoms. The van der Waals surface area contributed by atoms with Gasteiger partial charge in [0.05, 0.1) is 12.7 Å². The molecule has 0 aliphatic carbocycles. The lowest BCUT2D eigenvalue weighted by Crippen LogP contribution is -2.18. The monoisotopic (exact) mass is 188 g/mol. The molecule has 0 aromatic carbocycles. The SMILES string of the molecule is CCCCC(C)OOCC(C)(C)C. The molecule has 0 fully saturated rings. The van der Waals surface area contributed by atoms with Gasteiger partial charge < -0.3 is 0 Å². The van der Waals surface area contributed by atoms with Crippen LogP contribution in [-0.4, -0.2) is 12.7 Å². The van der Waals surface area contributed by atoms with Gasteiger partial charge in [-0.05, 0) is 18.8 Å². The van der Waals surface area contributed by atoms with Crippen molar-refractivity contribution in [2.45, 2.75) is 60.0 Å². The van der Waals surface area contributed by atoms with Crippen LogP contribution in [0.2, 0.25) is 0 Å². The molecule has 0 aliphatic rings. The number of hydrogen-bond donors (Lipinski definition) is 0. The molecule has 2 heteroatoms. The highest BCUT2D eigenvalue weighted by Crippen LogP contribution is 2.14. The topological polar surface area (TPSA) is 18.5 Å². The van der Waals surface area contributed by atoms with Crippen LogP contribution in [0.25, 0.3) is 0 Å². The van der Waals surface area contributed by atoms with Gasteiger partial charge in [0.2, 0.25) is 0 Å². The van der Waals surface area contributed by atoms with E-state index in [0.717, 1.165) is 6.42 Å². The standard InChI is InChI=1S/C11H24O2/c1-6-7-8-10(2)13-12-9-11(3,4)5/h10H,6-9H2,1-5H3. The summed E-state index contributed by atoms with van der Waals surface area (Å²) in [6.07, 6.45) is 3.73. The quantitative estimate of drug-likeness (QED) is 0.468. The summed E-state index contributed by atoms with van der Waals surface area (Å²) in [4.78, 5) is 10.4. The van der Waals surface area contributed by atoms with Crippen LogP contribution in [0.15, 0.2) is 0 Å². The van der Waals surface area contributed by atoms with Crippen molar-refractivity contribution in [2.24, 2.45) is 5.41 Å². The number of hydrogen-bond acceptors (Lipinski definition) is 2. The van der Waals surface area contributed by atoms with E-state index in [1.807, 2.05) is 0 Å². The van der Waals surface area contributed by atoms with E-state index in [0.29, 0.717) is 6.61 Å². The molecular weight excluding hydrogens is 164 g/mol. The summed E-state index contributed by atoms with van der Waals surface area (Å²) in [5.74, 6) is 0. The Morgan fingerprint density at radius 2 is 1.85 bits per heavy atom. The maximum Gasteiger partial charge on any atom is 0.0901 e. The van der Waals surface area contributed by atoms with E-state index in [1.165, 1.54) is 12.8 Å². The van der Waals surface area contributed by atoms with E-state index in [4.69, 9.17) is 9.78 Å². The molecule has 0 N–H and O–H groups in total. The van der Waals surface area contributed by atoms with Crippen LogP contribution in [0.3, 0.4) is 0 Å². The Morgan fingerprint density at radius 1 is 1.23 bits per heavy atom. The predicted molar refractivity (Wildman–Crippen MR) is 55.5 cm³/mol. The first-order valence-corrected chi connectivity index (χ1v) is 5.24. The molecule has 13 heavy (non-hydrogen) atoms. The molecule has 0 aromatic rings. The van der Waals surface area contributed by atoms with E-state index in [-0.39, 0.29) is 11.5 Å². The van der Waals surface area contributed by atoms with Gasteiger partial charge in [-0.2, -0.15) is 0 Å². The maximum absolute atomic E-state index is 5.22. The van der Waals surface area contributed by atoms with Crippen molar-refractivity contribution in [2.75, 3.05) is 6.61 Å². The van der Waals surface area contributed by atoms with Crippen LogP contribution in [0, 0.1) is 5.41 Å². The summed E-state index contributed by atoms with van der Waals surface area (Å²) in [5.41, 5.74) is 0.185. The summed E-state index contributed by atoms with van der Waals surface area (Å²) in [6.45, 7) is 11.3.